The fourth-order valence-electron chi connectivity index (χ4n) is 2.25. The van der Waals surface area contributed by atoms with Gasteiger partial charge < -0.3 is 4.74 Å². The third kappa shape index (κ3) is 4.24. The molecule has 1 atom stereocenters. The molecule has 4 nitrogen and oxygen atoms in total. The van der Waals surface area contributed by atoms with Gasteiger partial charge in [-0.05, 0) is 24.8 Å². The summed E-state index contributed by atoms with van der Waals surface area (Å²) in [5.41, 5.74) is 4.27. The van der Waals surface area contributed by atoms with Crippen molar-refractivity contribution in [3.63, 3.8) is 0 Å². The van der Waals surface area contributed by atoms with E-state index in [1.807, 2.05) is 30.3 Å². The lowest BCUT2D eigenvalue weighted by Crippen LogP contribution is -2.47. The van der Waals surface area contributed by atoms with Crippen molar-refractivity contribution in [3.05, 3.63) is 35.9 Å². The Morgan fingerprint density at radius 2 is 2.16 bits per heavy atom. The van der Waals surface area contributed by atoms with Crippen molar-refractivity contribution in [2.24, 2.45) is 0 Å². The Kier molecular flexibility index (Phi) is 5.21. The average molecular weight is 262 g/mol. The highest BCUT2D eigenvalue weighted by atomic mass is 16.6. The molecule has 1 N–H and O–H groups in total. The van der Waals surface area contributed by atoms with E-state index in [2.05, 4.69) is 12.3 Å². The van der Waals surface area contributed by atoms with E-state index in [9.17, 15) is 4.79 Å². The fraction of sp³-hybridized carbons (Fsp3) is 0.533. The van der Waals surface area contributed by atoms with Crippen molar-refractivity contribution < 1.29 is 9.53 Å². The van der Waals surface area contributed by atoms with Crippen molar-refractivity contribution >= 4 is 6.09 Å². The van der Waals surface area contributed by atoms with E-state index in [4.69, 9.17) is 4.74 Å². The Balaban J connectivity index is 1.84. The number of ether oxygens (including phenoxy) is 1. The van der Waals surface area contributed by atoms with Crippen molar-refractivity contribution in [1.29, 1.82) is 0 Å². The van der Waals surface area contributed by atoms with Crippen LogP contribution in [-0.4, -0.2) is 23.7 Å². The number of hydrogen-bond acceptors (Lipinski definition) is 3. The van der Waals surface area contributed by atoms with E-state index in [0.29, 0.717) is 12.6 Å². The van der Waals surface area contributed by atoms with Gasteiger partial charge in [-0.15, -0.1) is 0 Å². The first kappa shape index (κ1) is 13.9. The molecule has 1 amide bonds. The van der Waals surface area contributed by atoms with Crippen LogP contribution in [0.2, 0.25) is 0 Å². The molecule has 1 fully saturated rings. The Morgan fingerprint density at radius 1 is 1.37 bits per heavy atom. The smallest absolute Gasteiger partial charge is 0.424 e. The zero-order valence-corrected chi connectivity index (χ0v) is 11.5. The van der Waals surface area contributed by atoms with Crippen molar-refractivity contribution in [2.75, 3.05) is 6.54 Å². The zero-order chi connectivity index (χ0) is 13.5. The van der Waals surface area contributed by atoms with Gasteiger partial charge in [0.15, 0.2) is 0 Å². The summed E-state index contributed by atoms with van der Waals surface area (Å²) in [5.74, 6) is 0. The summed E-state index contributed by atoms with van der Waals surface area (Å²) < 4.78 is 5.34. The number of amides is 1. The summed E-state index contributed by atoms with van der Waals surface area (Å²) in [6.07, 6.45) is 4.07. The predicted octanol–water partition coefficient (Wildman–Crippen LogP) is 3.09. The van der Waals surface area contributed by atoms with E-state index in [0.717, 1.165) is 37.8 Å². The van der Waals surface area contributed by atoms with Crippen LogP contribution in [0.1, 0.15) is 38.2 Å². The van der Waals surface area contributed by atoms with Crippen LogP contribution < -0.4 is 5.43 Å². The highest BCUT2D eigenvalue weighted by Gasteiger charge is 2.21. The molecule has 104 valence electrons. The molecule has 0 unspecified atom stereocenters. The summed E-state index contributed by atoms with van der Waals surface area (Å²) in [7, 11) is 0. The maximum absolute atomic E-state index is 12.0. The molecule has 1 heterocycles. The molecule has 19 heavy (non-hydrogen) atoms. The number of carbonyl (C=O) groups is 1. The average Bonchev–Trinajstić information content (AvgIpc) is 2.71. The monoisotopic (exact) mass is 262 g/mol. The Hall–Kier alpha value is -1.55. The zero-order valence-electron chi connectivity index (χ0n) is 11.5. The molecule has 0 saturated carbocycles. The summed E-state index contributed by atoms with van der Waals surface area (Å²) in [5, 5.41) is 1.63. The SMILES string of the molecule is CC[C@@H]1CCCCN(C(=O)OCc2ccccc2)N1. The van der Waals surface area contributed by atoms with Gasteiger partial charge in [0, 0.05) is 12.6 Å². The first-order chi connectivity index (χ1) is 9.29. The maximum Gasteiger partial charge on any atom is 0.424 e. The standard InChI is InChI=1S/C15H22N2O2/c1-2-14-10-6-7-11-17(16-14)15(18)19-12-13-8-4-3-5-9-13/h3-5,8-9,14,16H,2,6-7,10-12H2,1H3/t14-/m1/s1. The van der Waals surface area contributed by atoms with E-state index < -0.39 is 0 Å². The Morgan fingerprint density at radius 3 is 2.89 bits per heavy atom. The second-order valence-electron chi connectivity index (χ2n) is 4.92. The molecule has 2 rings (SSSR count). The lowest BCUT2D eigenvalue weighted by atomic mass is 10.1. The Bertz CT molecular complexity index is 394. The molecule has 1 aromatic carbocycles. The number of benzene rings is 1. The quantitative estimate of drug-likeness (QED) is 0.910. The Labute approximate surface area is 114 Å². The topological polar surface area (TPSA) is 41.6 Å². The van der Waals surface area contributed by atoms with Gasteiger partial charge in [-0.25, -0.2) is 15.2 Å². The summed E-state index contributed by atoms with van der Waals surface area (Å²) >= 11 is 0. The second kappa shape index (κ2) is 7.14. The second-order valence-corrected chi connectivity index (χ2v) is 4.92. The van der Waals surface area contributed by atoms with Crippen molar-refractivity contribution in [3.8, 4) is 0 Å². The lowest BCUT2D eigenvalue weighted by Gasteiger charge is -2.24. The van der Waals surface area contributed by atoms with Crippen LogP contribution >= 0.6 is 0 Å². The number of nitrogens with one attached hydrogen (secondary N) is 1. The van der Waals surface area contributed by atoms with Crippen LogP contribution in [0.25, 0.3) is 0 Å². The van der Waals surface area contributed by atoms with E-state index >= 15 is 0 Å². The minimum absolute atomic E-state index is 0.274. The van der Waals surface area contributed by atoms with Gasteiger partial charge in [-0.2, -0.15) is 0 Å². The van der Waals surface area contributed by atoms with Gasteiger partial charge in [0.2, 0.25) is 0 Å². The normalized spacial score (nSPS) is 19.8. The highest BCUT2D eigenvalue weighted by molar-refractivity contribution is 5.67. The number of carbonyl (C=O) groups excluding carboxylic acids is 1. The molecule has 1 saturated heterocycles. The minimum atomic E-state index is -0.274. The molecular formula is C15H22N2O2. The molecule has 1 aliphatic heterocycles. The molecule has 1 aliphatic rings. The maximum atomic E-state index is 12.0. The minimum Gasteiger partial charge on any atom is -0.444 e. The lowest BCUT2D eigenvalue weighted by molar-refractivity contribution is 0.0726. The fourth-order valence-corrected chi connectivity index (χ4v) is 2.25. The van der Waals surface area contributed by atoms with Gasteiger partial charge in [0.05, 0.1) is 0 Å². The molecule has 4 heteroatoms. The molecule has 0 radical (unpaired) electrons. The third-order valence-electron chi connectivity index (χ3n) is 3.44. The van der Waals surface area contributed by atoms with E-state index in [-0.39, 0.29) is 6.09 Å². The molecule has 0 aliphatic carbocycles. The van der Waals surface area contributed by atoms with Crippen LogP contribution in [0.4, 0.5) is 4.79 Å². The van der Waals surface area contributed by atoms with Gasteiger partial charge >= 0.3 is 6.09 Å². The van der Waals surface area contributed by atoms with Crippen molar-refractivity contribution in [2.45, 2.75) is 45.3 Å². The van der Waals surface area contributed by atoms with E-state index in [1.165, 1.54) is 0 Å². The van der Waals surface area contributed by atoms with Gasteiger partial charge in [0.25, 0.3) is 0 Å². The van der Waals surface area contributed by atoms with Crippen molar-refractivity contribution in [1.82, 2.24) is 10.4 Å². The number of hydrogen-bond donors (Lipinski definition) is 1. The first-order valence-electron chi connectivity index (χ1n) is 7.04. The molecule has 1 aromatic rings. The first-order valence-corrected chi connectivity index (χ1v) is 7.04. The largest absolute Gasteiger partial charge is 0.444 e. The predicted molar refractivity (Wildman–Crippen MR) is 74.4 cm³/mol. The van der Waals surface area contributed by atoms with Gasteiger partial charge in [-0.1, -0.05) is 43.7 Å². The number of hydrazine groups is 1. The molecule has 0 aromatic heterocycles. The van der Waals surface area contributed by atoms with Crippen LogP contribution in [0.5, 0.6) is 0 Å². The summed E-state index contributed by atoms with van der Waals surface area (Å²) in [6, 6.07) is 10.1. The van der Waals surface area contributed by atoms with Gasteiger partial charge in [0.1, 0.15) is 6.61 Å². The highest BCUT2D eigenvalue weighted by Crippen LogP contribution is 2.12. The van der Waals surface area contributed by atoms with Gasteiger partial charge in [-0.3, -0.25) is 0 Å². The van der Waals surface area contributed by atoms with Crippen LogP contribution in [0, 0.1) is 0 Å². The summed E-state index contributed by atoms with van der Waals surface area (Å²) in [4.78, 5) is 12.0. The molecule has 0 bridgehead atoms. The number of nitrogens with zero attached hydrogens (tertiary/aromatic N) is 1. The third-order valence-corrected chi connectivity index (χ3v) is 3.44. The molecule has 0 spiro atoms. The van der Waals surface area contributed by atoms with E-state index in [1.54, 1.807) is 5.01 Å². The van der Waals surface area contributed by atoms with Crippen LogP contribution in [-0.2, 0) is 11.3 Å². The number of rotatable bonds is 3. The van der Waals surface area contributed by atoms with Crippen LogP contribution in [0.15, 0.2) is 30.3 Å². The van der Waals surface area contributed by atoms with Crippen LogP contribution in [0.3, 0.4) is 0 Å². The molecular weight excluding hydrogens is 240 g/mol. The summed E-state index contributed by atoms with van der Waals surface area (Å²) in [6.45, 7) is 3.19.